The first-order chi connectivity index (χ1) is 6.25. The van der Waals surface area contributed by atoms with Crippen molar-refractivity contribution in [2.45, 2.75) is 18.0 Å². The Morgan fingerprint density at radius 2 is 2.38 bits per heavy atom. The van der Waals surface area contributed by atoms with E-state index < -0.39 is 0 Å². The molecule has 1 heterocycles. The molecule has 0 aliphatic heterocycles. The van der Waals surface area contributed by atoms with E-state index in [9.17, 15) is 0 Å². The Morgan fingerprint density at radius 3 is 2.92 bits per heavy atom. The number of nitrogens with zero attached hydrogens (tertiary/aromatic N) is 4. The number of nitrogen functional groups attached to an aromatic ring is 1. The normalized spacial score (nSPS) is 9.85. The molecular weight excluding hydrogens is 186 g/mol. The maximum absolute atomic E-state index is 8.31. The second kappa shape index (κ2) is 4.72. The van der Waals surface area contributed by atoms with Crippen LogP contribution in [-0.4, -0.2) is 20.5 Å². The van der Waals surface area contributed by atoms with Crippen molar-refractivity contribution in [3.05, 3.63) is 0 Å². The van der Waals surface area contributed by atoms with Gasteiger partial charge in [-0.05, 0) is 6.42 Å². The molecule has 70 valence electrons. The molecule has 0 spiro atoms. The summed E-state index contributed by atoms with van der Waals surface area (Å²) < 4.78 is 1.73. The Morgan fingerprint density at radius 1 is 1.62 bits per heavy atom. The molecule has 0 amide bonds. The third-order valence-corrected chi connectivity index (χ3v) is 2.64. The summed E-state index contributed by atoms with van der Waals surface area (Å²) in [6.45, 7) is 0. The second-order valence-electron chi connectivity index (χ2n) is 2.51. The van der Waals surface area contributed by atoms with Crippen LogP contribution in [0, 0.1) is 11.3 Å². The summed E-state index contributed by atoms with van der Waals surface area (Å²) in [5, 5.41) is 16.7. The van der Waals surface area contributed by atoms with Gasteiger partial charge in [0.05, 0.1) is 6.07 Å². The minimum absolute atomic E-state index is 0.419. The monoisotopic (exact) mass is 197 g/mol. The minimum atomic E-state index is 0.419. The topological polar surface area (TPSA) is 80.5 Å². The Labute approximate surface area is 80.9 Å². The van der Waals surface area contributed by atoms with Crippen LogP contribution >= 0.6 is 11.8 Å². The lowest BCUT2D eigenvalue weighted by molar-refractivity contribution is 0.794. The molecule has 13 heavy (non-hydrogen) atoms. The van der Waals surface area contributed by atoms with Crippen LogP contribution in [0.15, 0.2) is 5.16 Å². The fraction of sp³-hybridized carbons (Fsp3) is 0.571. The SMILES string of the molecule is Cn1c(N)nnc1SCCCC#N. The first-order valence-electron chi connectivity index (χ1n) is 3.90. The summed E-state index contributed by atoms with van der Waals surface area (Å²) in [5.74, 6) is 1.29. The average molecular weight is 197 g/mol. The molecule has 0 atom stereocenters. The van der Waals surface area contributed by atoms with Gasteiger partial charge in [0.25, 0.3) is 0 Å². The first-order valence-corrected chi connectivity index (χ1v) is 4.89. The van der Waals surface area contributed by atoms with Crippen LogP contribution in [0.25, 0.3) is 0 Å². The van der Waals surface area contributed by atoms with Gasteiger partial charge in [0.15, 0.2) is 5.16 Å². The van der Waals surface area contributed by atoms with E-state index in [1.807, 2.05) is 7.05 Å². The van der Waals surface area contributed by atoms with Crippen molar-refractivity contribution in [2.75, 3.05) is 11.5 Å². The molecule has 0 radical (unpaired) electrons. The Bertz CT molecular complexity index is 313. The summed E-state index contributed by atoms with van der Waals surface area (Å²) >= 11 is 1.57. The van der Waals surface area contributed by atoms with Crippen molar-refractivity contribution in [1.82, 2.24) is 14.8 Å². The maximum atomic E-state index is 8.31. The molecule has 0 aliphatic rings. The predicted octanol–water partition coefficient (Wildman–Crippen LogP) is 0.793. The largest absolute Gasteiger partial charge is 0.368 e. The van der Waals surface area contributed by atoms with Gasteiger partial charge in [-0.3, -0.25) is 4.57 Å². The third-order valence-electron chi connectivity index (χ3n) is 1.53. The fourth-order valence-electron chi connectivity index (χ4n) is 0.767. The quantitative estimate of drug-likeness (QED) is 0.570. The first kappa shape index (κ1) is 9.86. The number of anilines is 1. The molecule has 5 nitrogen and oxygen atoms in total. The highest BCUT2D eigenvalue weighted by Crippen LogP contribution is 2.17. The molecule has 0 unspecified atom stereocenters. The van der Waals surface area contributed by atoms with Gasteiger partial charge in [-0.15, -0.1) is 10.2 Å². The van der Waals surface area contributed by atoms with E-state index in [1.165, 1.54) is 0 Å². The summed E-state index contributed by atoms with van der Waals surface area (Å²) in [4.78, 5) is 0. The summed E-state index contributed by atoms with van der Waals surface area (Å²) in [6, 6.07) is 2.09. The summed E-state index contributed by atoms with van der Waals surface area (Å²) in [6.07, 6.45) is 1.45. The zero-order chi connectivity index (χ0) is 9.68. The average Bonchev–Trinajstić information content (AvgIpc) is 2.43. The molecular formula is C7H11N5S. The van der Waals surface area contributed by atoms with Crippen LogP contribution in [0.1, 0.15) is 12.8 Å². The molecule has 6 heteroatoms. The van der Waals surface area contributed by atoms with Gasteiger partial charge in [-0.25, -0.2) is 0 Å². The van der Waals surface area contributed by atoms with E-state index in [0.29, 0.717) is 12.4 Å². The molecule has 0 fully saturated rings. The van der Waals surface area contributed by atoms with E-state index in [4.69, 9.17) is 11.0 Å². The Kier molecular flexibility index (Phi) is 3.58. The van der Waals surface area contributed by atoms with Crippen molar-refractivity contribution < 1.29 is 0 Å². The van der Waals surface area contributed by atoms with Crippen LogP contribution in [0.5, 0.6) is 0 Å². The molecule has 0 aliphatic carbocycles. The number of aromatic nitrogens is 3. The number of hydrogen-bond acceptors (Lipinski definition) is 5. The summed E-state index contributed by atoms with van der Waals surface area (Å²) in [5.41, 5.74) is 5.49. The number of hydrogen-bond donors (Lipinski definition) is 1. The number of rotatable bonds is 4. The molecule has 1 aromatic heterocycles. The van der Waals surface area contributed by atoms with Crippen LogP contribution in [0.4, 0.5) is 5.95 Å². The number of unbranched alkanes of at least 4 members (excludes halogenated alkanes) is 1. The zero-order valence-electron chi connectivity index (χ0n) is 7.40. The highest BCUT2D eigenvalue weighted by molar-refractivity contribution is 7.99. The molecule has 2 N–H and O–H groups in total. The van der Waals surface area contributed by atoms with E-state index in [0.717, 1.165) is 17.3 Å². The van der Waals surface area contributed by atoms with Crippen LogP contribution in [-0.2, 0) is 7.05 Å². The standard InChI is InChI=1S/C7H11N5S/c1-12-6(9)10-11-7(12)13-5-3-2-4-8/h2-3,5H2,1H3,(H2,9,10). The van der Waals surface area contributed by atoms with Gasteiger partial charge < -0.3 is 5.73 Å². The molecule has 0 saturated carbocycles. The molecule has 1 aromatic rings. The van der Waals surface area contributed by atoms with Crippen molar-refractivity contribution >= 4 is 17.7 Å². The third kappa shape index (κ3) is 2.63. The van der Waals surface area contributed by atoms with Crippen LogP contribution < -0.4 is 5.73 Å². The van der Waals surface area contributed by atoms with Crippen LogP contribution in [0.3, 0.4) is 0 Å². The number of nitriles is 1. The number of thioether (sulfide) groups is 1. The lowest BCUT2D eigenvalue weighted by atomic mass is 10.4. The van der Waals surface area contributed by atoms with Gasteiger partial charge in [0.1, 0.15) is 0 Å². The molecule has 0 bridgehead atoms. The molecule has 0 aromatic carbocycles. The lowest BCUT2D eigenvalue weighted by Gasteiger charge is -1.98. The van der Waals surface area contributed by atoms with Crippen molar-refractivity contribution in [2.24, 2.45) is 7.05 Å². The van der Waals surface area contributed by atoms with Gasteiger partial charge in [-0.1, -0.05) is 11.8 Å². The van der Waals surface area contributed by atoms with Gasteiger partial charge in [0, 0.05) is 19.2 Å². The Balaban J connectivity index is 2.38. The highest BCUT2D eigenvalue weighted by atomic mass is 32.2. The zero-order valence-corrected chi connectivity index (χ0v) is 8.21. The van der Waals surface area contributed by atoms with Gasteiger partial charge >= 0.3 is 0 Å². The predicted molar refractivity (Wildman–Crippen MR) is 51.0 cm³/mol. The van der Waals surface area contributed by atoms with E-state index >= 15 is 0 Å². The summed E-state index contributed by atoms with van der Waals surface area (Å²) in [7, 11) is 1.82. The Hall–Kier alpha value is -1.22. The van der Waals surface area contributed by atoms with Gasteiger partial charge in [0.2, 0.25) is 5.95 Å². The van der Waals surface area contributed by atoms with Gasteiger partial charge in [-0.2, -0.15) is 5.26 Å². The lowest BCUT2D eigenvalue weighted by Crippen LogP contribution is -1.98. The van der Waals surface area contributed by atoms with Crippen molar-refractivity contribution in [3.63, 3.8) is 0 Å². The van der Waals surface area contributed by atoms with E-state index in [2.05, 4.69) is 16.3 Å². The number of nitrogens with two attached hydrogens (primary N) is 1. The minimum Gasteiger partial charge on any atom is -0.368 e. The maximum Gasteiger partial charge on any atom is 0.222 e. The smallest absolute Gasteiger partial charge is 0.222 e. The highest BCUT2D eigenvalue weighted by Gasteiger charge is 2.04. The van der Waals surface area contributed by atoms with E-state index in [-0.39, 0.29) is 0 Å². The molecule has 1 rings (SSSR count). The van der Waals surface area contributed by atoms with Crippen molar-refractivity contribution in [1.29, 1.82) is 5.26 Å². The second-order valence-corrected chi connectivity index (χ2v) is 3.57. The molecule has 0 saturated heterocycles. The fourth-order valence-corrected chi connectivity index (χ4v) is 1.62. The van der Waals surface area contributed by atoms with Crippen molar-refractivity contribution in [3.8, 4) is 6.07 Å². The van der Waals surface area contributed by atoms with E-state index in [1.54, 1.807) is 16.3 Å². The van der Waals surface area contributed by atoms with Crippen LogP contribution in [0.2, 0.25) is 0 Å².